The van der Waals surface area contributed by atoms with Gasteiger partial charge >= 0.3 is 0 Å². The molecule has 3 rings (SSSR count). The molecule has 7 nitrogen and oxygen atoms in total. The van der Waals surface area contributed by atoms with Gasteiger partial charge in [0.2, 0.25) is 5.91 Å². The Morgan fingerprint density at radius 2 is 2.00 bits per heavy atom. The molecule has 9 heteroatoms. The van der Waals surface area contributed by atoms with Gasteiger partial charge in [-0.05, 0) is 36.8 Å². The molecule has 0 saturated carbocycles. The lowest BCUT2D eigenvalue weighted by Gasteiger charge is -2.29. The van der Waals surface area contributed by atoms with Crippen LogP contribution in [0.5, 0.6) is 5.75 Å². The molecule has 0 spiro atoms. The summed E-state index contributed by atoms with van der Waals surface area (Å²) in [7, 11) is -2.18. The average Bonchev–Trinajstić information content (AvgIpc) is 2.70. The number of para-hydroxylation sites is 1. The molecule has 0 fully saturated rings. The van der Waals surface area contributed by atoms with Crippen LogP contribution in [0.4, 0.5) is 5.69 Å². The number of anilines is 1. The summed E-state index contributed by atoms with van der Waals surface area (Å²) in [5, 5.41) is 3.13. The monoisotopic (exact) mass is 419 g/mol. The molecule has 1 aliphatic rings. The second-order valence-electron chi connectivity index (χ2n) is 5.98. The van der Waals surface area contributed by atoms with Crippen LogP contribution >= 0.6 is 11.8 Å². The number of hydrogen-bond acceptors (Lipinski definition) is 6. The number of benzene rings is 2. The zero-order valence-corrected chi connectivity index (χ0v) is 17.2. The lowest BCUT2D eigenvalue weighted by Crippen LogP contribution is -2.35. The molecule has 1 heterocycles. The Balaban J connectivity index is 1.65. The van der Waals surface area contributed by atoms with Gasteiger partial charge in [0, 0.05) is 13.1 Å². The van der Waals surface area contributed by atoms with Crippen molar-refractivity contribution in [1.29, 1.82) is 0 Å². The van der Waals surface area contributed by atoms with Crippen molar-refractivity contribution in [2.75, 3.05) is 24.3 Å². The summed E-state index contributed by atoms with van der Waals surface area (Å²) in [6, 6.07) is 14.2. The Morgan fingerprint density at radius 3 is 2.75 bits per heavy atom. The van der Waals surface area contributed by atoms with Crippen LogP contribution in [0.3, 0.4) is 0 Å². The van der Waals surface area contributed by atoms with Crippen molar-refractivity contribution in [3.05, 3.63) is 54.1 Å². The van der Waals surface area contributed by atoms with Crippen molar-refractivity contribution < 1.29 is 17.9 Å². The maximum absolute atomic E-state index is 12.4. The molecule has 0 bridgehead atoms. The van der Waals surface area contributed by atoms with Crippen LogP contribution in [-0.2, 0) is 21.4 Å². The first-order valence-corrected chi connectivity index (χ1v) is 11.1. The van der Waals surface area contributed by atoms with Crippen LogP contribution in [0.1, 0.15) is 12.5 Å². The van der Waals surface area contributed by atoms with E-state index in [4.69, 9.17) is 4.74 Å². The normalized spacial score (nSPS) is 14.8. The van der Waals surface area contributed by atoms with Crippen LogP contribution in [-0.4, -0.2) is 38.9 Å². The highest BCUT2D eigenvalue weighted by molar-refractivity contribution is 8.15. The number of sulfonamides is 1. The summed E-state index contributed by atoms with van der Waals surface area (Å²) in [5.74, 6) is 0.583. The standard InChI is InChI=1S/C19H21N3O4S2/c1-3-22-16-9-4-5-10-17(16)28(24,25)21-19(22)27-13-18(23)20-12-14-7-6-8-15(11-14)26-2/h4-11H,3,12-13H2,1-2H3,(H,20,23). The highest BCUT2D eigenvalue weighted by Crippen LogP contribution is 2.33. The Hall–Kier alpha value is -2.52. The largest absolute Gasteiger partial charge is 0.497 e. The molecule has 2 aromatic rings. The average molecular weight is 420 g/mol. The van der Waals surface area contributed by atoms with E-state index in [-0.39, 0.29) is 16.6 Å². The number of amides is 1. The molecule has 0 aromatic heterocycles. The molecular formula is C19H21N3O4S2. The zero-order chi connectivity index (χ0) is 20.1. The van der Waals surface area contributed by atoms with Gasteiger partial charge in [0.1, 0.15) is 10.6 Å². The van der Waals surface area contributed by atoms with E-state index in [1.165, 1.54) is 0 Å². The van der Waals surface area contributed by atoms with Crippen LogP contribution < -0.4 is 15.0 Å². The predicted molar refractivity (Wildman–Crippen MR) is 111 cm³/mol. The third-order valence-electron chi connectivity index (χ3n) is 4.14. The first-order chi connectivity index (χ1) is 13.4. The summed E-state index contributed by atoms with van der Waals surface area (Å²) in [5.41, 5.74) is 1.50. The zero-order valence-electron chi connectivity index (χ0n) is 15.6. The number of hydrogen-bond donors (Lipinski definition) is 1. The van der Waals surface area contributed by atoms with Crippen molar-refractivity contribution in [3.8, 4) is 5.75 Å². The minimum Gasteiger partial charge on any atom is -0.497 e. The lowest BCUT2D eigenvalue weighted by atomic mass is 10.2. The minimum atomic E-state index is -3.77. The summed E-state index contributed by atoms with van der Waals surface area (Å²) in [6.45, 7) is 2.82. The van der Waals surface area contributed by atoms with Gasteiger partial charge in [-0.25, -0.2) is 0 Å². The van der Waals surface area contributed by atoms with E-state index >= 15 is 0 Å². The fourth-order valence-electron chi connectivity index (χ4n) is 2.78. The maximum atomic E-state index is 12.4. The Labute approximate surface area is 168 Å². The number of rotatable bonds is 6. The summed E-state index contributed by atoms with van der Waals surface area (Å²) in [4.78, 5) is 14.2. The van der Waals surface area contributed by atoms with Crippen molar-refractivity contribution in [1.82, 2.24) is 5.32 Å². The van der Waals surface area contributed by atoms with E-state index in [0.29, 0.717) is 23.9 Å². The number of nitrogens with one attached hydrogen (secondary N) is 1. The highest BCUT2D eigenvalue weighted by Gasteiger charge is 2.30. The van der Waals surface area contributed by atoms with Gasteiger partial charge in [-0.1, -0.05) is 36.0 Å². The van der Waals surface area contributed by atoms with Gasteiger partial charge in [-0.2, -0.15) is 8.42 Å². The molecule has 0 radical (unpaired) electrons. The van der Waals surface area contributed by atoms with E-state index in [2.05, 4.69) is 9.71 Å². The fraction of sp³-hybridized carbons (Fsp3) is 0.263. The van der Waals surface area contributed by atoms with Crippen LogP contribution in [0.2, 0.25) is 0 Å². The molecule has 0 unspecified atom stereocenters. The molecule has 0 atom stereocenters. The molecule has 1 amide bonds. The number of fused-ring (bicyclic) bond motifs is 1. The molecule has 148 valence electrons. The maximum Gasteiger partial charge on any atom is 0.286 e. The van der Waals surface area contributed by atoms with Gasteiger partial charge in [-0.15, -0.1) is 4.40 Å². The van der Waals surface area contributed by atoms with Crippen molar-refractivity contribution in [2.45, 2.75) is 18.4 Å². The third kappa shape index (κ3) is 4.48. The summed E-state index contributed by atoms with van der Waals surface area (Å²) < 4.78 is 33.9. The smallest absolute Gasteiger partial charge is 0.286 e. The molecule has 1 aliphatic heterocycles. The number of carbonyl (C=O) groups is 1. The quantitative estimate of drug-likeness (QED) is 0.774. The number of amidine groups is 1. The molecule has 28 heavy (non-hydrogen) atoms. The van der Waals surface area contributed by atoms with Gasteiger partial charge in [-0.3, -0.25) is 4.79 Å². The number of thioether (sulfide) groups is 1. The van der Waals surface area contributed by atoms with E-state index < -0.39 is 10.0 Å². The van der Waals surface area contributed by atoms with E-state index in [1.807, 2.05) is 31.2 Å². The first kappa shape index (κ1) is 20.2. The van der Waals surface area contributed by atoms with Gasteiger partial charge in [0.15, 0.2) is 5.17 Å². The number of methoxy groups -OCH3 is 1. The SMILES string of the molecule is CCN1C(SCC(=O)NCc2cccc(OC)c2)=NS(=O)(=O)c2ccccc21. The Bertz CT molecular complexity index is 1010. The van der Waals surface area contributed by atoms with Gasteiger partial charge in [0.05, 0.1) is 18.6 Å². The second-order valence-corrected chi connectivity index (χ2v) is 8.49. The van der Waals surface area contributed by atoms with Crippen molar-refractivity contribution in [3.63, 3.8) is 0 Å². The number of ether oxygens (including phenoxy) is 1. The molecular weight excluding hydrogens is 398 g/mol. The molecule has 2 aromatic carbocycles. The third-order valence-corrected chi connectivity index (χ3v) is 6.54. The highest BCUT2D eigenvalue weighted by atomic mass is 32.2. The van der Waals surface area contributed by atoms with Gasteiger partial charge < -0.3 is 15.0 Å². The van der Waals surface area contributed by atoms with Crippen LogP contribution in [0, 0.1) is 0 Å². The van der Waals surface area contributed by atoms with E-state index in [0.717, 1.165) is 23.1 Å². The van der Waals surface area contributed by atoms with Crippen molar-refractivity contribution in [2.24, 2.45) is 4.40 Å². The topological polar surface area (TPSA) is 88.1 Å². The Kier molecular flexibility index (Phi) is 6.25. The van der Waals surface area contributed by atoms with Crippen LogP contribution in [0.15, 0.2) is 57.8 Å². The first-order valence-electron chi connectivity index (χ1n) is 8.68. The minimum absolute atomic E-state index is 0.0665. The summed E-state index contributed by atoms with van der Waals surface area (Å²) in [6.07, 6.45) is 0. The Morgan fingerprint density at radius 1 is 1.21 bits per heavy atom. The predicted octanol–water partition coefficient (Wildman–Crippen LogP) is 2.63. The molecule has 1 N–H and O–H groups in total. The van der Waals surface area contributed by atoms with Gasteiger partial charge in [0.25, 0.3) is 10.0 Å². The van der Waals surface area contributed by atoms with Crippen LogP contribution in [0.25, 0.3) is 0 Å². The number of carbonyl (C=O) groups excluding carboxylic acids is 1. The molecule has 0 aliphatic carbocycles. The van der Waals surface area contributed by atoms with E-state index in [9.17, 15) is 13.2 Å². The molecule has 0 saturated heterocycles. The van der Waals surface area contributed by atoms with E-state index in [1.54, 1.807) is 36.3 Å². The summed E-state index contributed by atoms with van der Waals surface area (Å²) >= 11 is 1.11. The number of nitrogens with zero attached hydrogens (tertiary/aromatic N) is 2. The van der Waals surface area contributed by atoms with Crippen molar-refractivity contribution >= 4 is 38.5 Å². The fourth-order valence-corrected chi connectivity index (χ4v) is 5.12. The lowest BCUT2D eigenvalue weighted by molar-refractivity contribution is -0.118. The second kappa shape index (κ2) is 8.66.